The van der Waals surface area contributed by atoms with E-state index < -0.39 is 0 Å². The van der Waals surface area contributed by atoms with Crippen LogP contribution >= 0.6 is 0 Å². The number of nitrogens with one attached hydrogen (secondary N) is 1. The zero-order valence-corrected chi connectivity index (χ0v) is 12.5. The lowest BCUT2D eigenvalue weighted by atomic mass is 10.1. The minimum absolute atomic E-state index is 0.300. The zero-order valence-electron chi connectivity index (χ0n) is 12.5. The summed E-state index contributed by atoms with van der Waals surface area (Å²) in [7, 11) is 0. The van der Waals surface area contributed by atoms with Crippen molar-refractivity contribution in [1.29, 1.82) is 0 Å². The van der Waals surface area contributed by atoms with Gasteiger partial charge in [0.15, 0.2) is 0 Å². The summed E-state index contributed by atoms with van der Waals surface area (Å²) in [5, 5.41) is 0. The number of amides is 1. The Morgan fingerprint density at radius 1 is 1.21 bits per heavy atom. The summed E-state index contributed by atoms with van der Waals surface area (Å²) in [4.78, 5) is 21.1. The van der Waals surface area contributed by atoms with Crippen LogP contribution in [0, 0.1) is 6.92 Å². The fraction of sp³-hybridized carbons (Fsp3) is 0.733. The maximum atomic E-state index is 11.8. The lowest BCUT2D eigenvalue weighted by molar-refractivity contribution is -0.130. The van der Waals surface area contributed by atoms with E-state index in [-0.39, 0.29) is 0 Å². The number of aryl methyl sites for hydroxylation is 2. The van der Waals surface area contributed by atoms with Gasteiger partial charge >= 0.3 is 0 Å². The molecule has 0 atom stereocenters. The molecule has 4 heteroatoms. The minimum Gasteiger partial charge on any atom is -0.346 e. The zero-order chi connectivity index (χ0) is 14.1. The van der Waals surface area contributed by atoms with Gasteiger partial charge in [0.05, 0.1) is 0 Å². The second-order valence-corrected chi connectivity index (χ2v) is 4.97. The van der Waals surface area contributed by atoms with Gasteiger partial charge in [0.25, 0.3) is 0 Å². The maximum absolute atomic E-state index is 11.8. The van der Waals surface area contributed by atoms with Crippen molar-refractivity contribution in [3.63, 3.8) is 0 Å². The van der Waals surface area contributed by atoms with Gasteiger partial charge in [0.2, 0.25) is 5.91 Å². The number of carbonyl (C=O) groups excluding carboxylic acids is 1. The van der Waals surface area contributed by atoms with Crippen LogP contribution in [0.5, 0.6) is 0 Å². The van der Waals surface area contributed by atoms with Gasteiger partial charge in [0.1, 0.15) is 5.82 Å². The second-order valence-electron chi connectivity index (χ2n) is 4.97. The first-order valence-electron chi connectivity index (χ1n) is 7.45. The van der Waals surface area contributed by atoms with Gasteiger partial charge in [-0.1, -0.05) is 12.8 Å². The molecule has 1 aromatic rings. The van der Waals surface area contributed by atoms with E-state index in [0.29, 0.717) is 12.3 Å². The fourth-order valence-corrected chi connectivity index (χ4v) is 2.28. The van der Waals surface area contributed by atoms with Crippen LogP contribution in [0.2, 0.25) is 0 Å². The Hall–Kier alpha value is -1.32. The molecule has 1 N–H and O–H groups in total. The molecule has 0 aliphatic rings. The molecule has 0 saturated heterocycles. The molecule has 0 aromatic carbocycles. The molecule has 19 heavy (non-hydrogen) atoms. The van der Waals surface area contributed by atoms with E-state index in [0.717, 1.165) is 38.2 Å². The van der Waals surface area contributed by atoms with E-state index in [4.69, 9.17) is 0 Å². The lowest BCUT2D eigenvalue weighted by Gasteiger charge is -2.18. The standard InChI is InChI=1S/C15H27N3O/c1-4-18(5-2)15(19)11-9-7-6-8-10-14-12-16-13(3)17-14/h12H,4-11H2,1-3H3,(H,16,17). The number of imidazole rings is 1. The molecule has 0 aliphatic heterocycles. The highest BCUT2D eigenvalue weighted by molar-refractivity contribution is 5.75. The number of unbranched alkanes of at least 4 members (excludes halogenated alkanes) is 3. The van der Waals surface area contributed by atoms with Crippen molar-refractivity contribution in [3.05, 3.63) is 17.7 Å². The third-order valence-corrected chi connectivity index (χ3v) is 3.46. The highest BCUT2D eigenvalue weighted by Crippen LogP contribution is 2.08. The van der Waals surface area contributed by atoms with Crippen LogP contribution in [-0.4, -0.2) is 33.9 Å². The van der Waals surface area contributed by atoms with Crippen molar-refractivity contribution in [2.24, 2.45) is 0 Å². The molecular weight excluding hydrogens is 238 g/mol. The first-order chi connectivity index (χ1) is 9.17. The SMILES string of the molecule is CCN(CC)C(=O)CCCCCCc1cnc(C)[nH]1. The van der Waals surface area contributed by atoms with Gasteiger partial charge in [0, 0.05) is 31.4 Å². The monoisotopic (exact) mass is 265 g/mol. The average molecular weight is 265 g/mol. The summed E-state index contributed by atoms with van der Waals surface area (Å²) in [6, 6.07) is 0. The molecule has 0 bridgehead atoms. The van der Waals surface area contributed by atoms with Crippen LogP contribution in [0.1, 0.15) is 57.5 Å². The predicted octanol–water partition coefficient (Wildman–Crippen LogP) is 3.08. The van der Waals surface area contributed by atoms with E-state index in [1.54, 1.807) is 0 Å². The first-order valence-corrected chi connectivity index (χ1v) is 7.45. The summed E-state index contributed by atoms with van der Waals surface area (Å²) in [5.41, 5.74) is 1.22. The summed E-state index contributed by atoms with van der Waals surface area (Å²) in [5.74, 6) is 1.29. The van der Waals surface area contributed by atoms with Crippen LogP contribution in [0.4, 0.5) is 0 Å². The van der Waals surface area contributed by atoms with Crippen LogP contribution < -0.4 is 0 Å². The molecule has 4 nitrogen and oxygen atoms in total. The van der Waals surface area contributed by atoms with E-state index in [9.17, 15) is 4.79 Å². The Morgan fingerprint density at radius 3 is 2.47 bits per heavy atom. The topological polar surface area (TPSA) is 49.0 Å². The molecular formula is C15H27N3O. The quantitative estimate of drug-likeness (QED) is 0.698. The van der Waals surface area contributed by atoms with Gasteiger partial charge in [-0.25, -0.2) is 4.98 Å². The lowest BCUT2D eigenvalue weighted by Crippen LogP contribution is -2.30. The molecule has 0 saturated carbocycles. The molecule has 0 unspecified atom stereocenters. The van der Waals surface area contributed by atoms with Gasteiger partial charge in [-0.2, -0.15) is 0 Å². The molecule has 0 fully saturated rings. The molecule has 1 amide bonds. The number of carbonyl (C=O) groups is 1. The van der Waals surface area contributed by atoms with Crippen molar-refractivity contribution in [2.45, 2.75) is 59.3 Å². The van der Waals surface area contributed by atoms with Crippen molar-refractivity contribution < 1.29 is 4.79 Å². The van der Waals surface area contributed by atoms with E-state index in [1.165, 1.54) is 18.5 Å². The number of rotatable bonds is 9. The Bertz CT molecular complexity index is 369. The van der Waals surface area contributed by atoms with Crippen LogP contribution in [0.3, 0.4) is 0 Å². The van der Waals surface area contributed by atoms with Crippen molar-refractivity contribution in [3.8, 4) is 0 Å². The number of H-pyrrole nitrogens is 1. The molecule has 0 radical (unpaired) electrons. The Labute approximate surface area is 116 Å². The maximum Gasteiger partial charge on any atom is 0.222 e. The number of aromatic nitrogens is 2. The second kappa shape index (κ2) is 8.73. The van der Waals surface area contributed by atoms with E-state index in [2.05, 4.69) is 9.97 Å². The Kier molecular flexibility index (Phi) is 7.23. The highest BCUT2D eigenvalue weighted by atomic mass is 16.2. The van der Waals surface area contributed by atoms with Crippen LogP contribution in [-0.2, 0) is 11.2 Å². The summed E-state index contributed by atoms with van der Waals surface area (Å²) >= 11 is 0. The van der Waals surface area contributed by atoms with Gasteiger partial charge in [-0.3, -0.25) is 4.79 Å². The molecule has 1 aromatic heterocycles. The fourth-order valence-electron chi connectivity index (χ4n) is 2.28. The molecule has 1 rings (SSSR count). The van der Waals surface area contributed by atoms with Gasteiger partial charge < -0.3 is 9.88 Å². The minimum atomic E-state index is 0.300. The summed E-state index contributed by atoms with van der Waals surface area (Å²) < 4.78 is 0. The normalized spacial score (nSPS) is 10.7. The van der Waals surface area contributed by atoms with Crippen molar-refractivity contribution in [2.75, 3.05) is 13.1 Å². The smallest absolute Gasteiger partial charge is 0.222 e. The molecule has 0 spiro atoms. The predicted molar refractivity (Wildman–Crippen MR) is 78.0 cm³/mol. The summed E-state index contributed by atoms with van der Waals surface area (Å²) in [6.07, 6.45) is 8.18. The third kappa shape index (κ3) is 5.90. The third-order valence-electron chi connectivity index (χ3n) is 3.46. The summed E-state index contributed by atoms with van der Waals surface area (Å²) in [6.45, 7) is 7.70. The molecule has 1 heterocycles. The Balaban J connectivity index is 2.03. The number of aromatic amines is 1. The van der Waals surface area contributed by atoms with Gasteiger partial charge in [-0.15, -0.1) is 0 Å². The van der Waals surface area contributed by atoms with Crippen molar-refractivity contribution in [1.82, 2.24) is 14.9 Å². The Morgan fingerprint density at radius 2 is 1.89 bits per heavy atom. The largest absolute Gasteiger partial charge is 0.346 e. The van der Waals surface area contributed by atoms with Crippen LogP contribution in [0.25, 0.3) is 0 Å². The highest BCUT2D eigenvalue weighted by Gasteiger charge is 2.08. The number of nitrogens with zero attached hydrogens (tertiary/aromatic N) is 2. The average Bonchev–Trinajstić information content (AvgIpc) is 2.81. The first kappa shape index (κ1) is 15.7. The van der Waals surface area contributed by atoms with Crippen LogP contribution in [0.15, 0.2) is 6.20 Å². The number of hydrogen-bond acceptors (Lipinski definition) is 2. The van der Waals surface area contributed by atoms with Crippen molar-refractivity contribution >= 4 is 5.91 Å². The number of hydrogen-bond donors (Lipinski definition) is 1. The van der Waals surface area contributed by atoms with E-state index >= 15 is 0 Å². The van der Waals surface area contributed by atoms with Gasteiger partial charge in [-0.05, 0) is 40.0 Å². The molecule has 108 valence electrons. The molecule has 0 aliphatic carbocycles. The van der Waals surface area contributed by atoms with E-state index in [1.807, 2.05) is 31.9 Å².